The molecule has 0 spiro atoms. The third-order valence-corrected chi connectivity index (χ3v) is 4.99. The number of hydrogen-bond acceptors (Lipinski definition) is 4. The number of hydrazone groups is 1. The van der Waals surface area contributed by atoms with Crippen molar-refractivity contribution >= 4 is 28.7 Å². The van der Waals surface area contributed by atoms with Crippen LogP contribution < -0.4 is 5.43 Å². The highest BCUT2D eigenvalue weighted by atomic mass is 19.1. The van der Waals surface area contributed by atoms with Gasteiger partial charge in [-0.15, -0.1) is 0 Å². The average Bonchev–Trinajstić information content (AvgIpc) is 3.13. The first-order valence-corrected chi connectivity index (χ1v) is 9.87. The largest absolute Gasteiger partial charge is 0.342 e. The molecule has 0 unspecified atom stereocenters. The van der Waals surface area contributed by atoms with Crippen molar-refractivity contribution in [3.63, 3.8) is 0 Å². The summed E-state index contributed by atoms with van der Waals surface area (Å²) in [4.78, 5) is 22.5. The fourth-order valence-corrected chi connectivity index (χ4v) is 3.43. The van der Waals surface area contributed by atoms with Crippen LogP contribution in [0.1, 0.15) is 16.7 Å². The maximum Gasteiger partial charge on any atom is 0.269 e. The summed E-state index contributed by atoms with van der Waals surface area (Å²) in [5.74, 6) is -0.653. The second kappa shape index (κ2) is 9.22. The molecule has 1 amide bonds. The zero-order chi connectivity index (χ0) is 22.5. The number of fused-ring (bicyclic) bond motifs is 1. The zero-order valence-corrected chi connectivity index (χ0v) is 16.9. The van der Waals surface area contributed by atoms with Gasteiger partial charge in [0, 0.05) is 41.3 Å². The molecule has 0 saturated carbocycles. The molecule has 0 aliphatic carbocycles. The first-order chi connectivity index (χ1) is 15.5. The molecule has 0 aliphatic rings. The van der Waals surface area contributed by atoms with Gasteiger partial charge in [0.2, 0.25) is 5.91 Å². The summed E-state index contributed by atoms with van der Waals surface area (Å²) in [6, 6.07) is 20.0. The summed E-state index contributed by atoms with van der Waals surface area (Å²) in [6.07, 6.45) is 3.60. The molecule has 1 aromatic heterocycles. The highest BCUT2D eigenvalue weighted by Gasteiger charge is 2.09. The van der Waals surface area contributed by atoms with E-state index in [1.54, 1.807) is 30.5 Å². The molecular weight excluding hydrogens is 411 g/mol. The summed E-state index contributed by atoms with van der Waals surface area (Å²) in [6.45, 7) is 0.531. The minimum atomic E-state index is -0.423. The maximum atomic E-state index is 13.0. The Morgan fingerprint density at radius 1 is 1.03 bits per heavy atom. The van der Waals surface area contributed by atoms with Crippen LogP contribution in [0, 0.1) is 15.9 Å². The number of carbonyl (C=O) groups excluding carboxylic acids is 1. The molecule has 0 radical (unpaired) electrons. The van der Waals surface area contributed by atoms with Crippen LogP contribution in [-0.2, 0) is 17.8 Å². The molecule has 160 valence electrons. The van der Waals surface area contributed by atoms with Gasteiger partial charge in [0.25, 0.3) is 5.69 Å². The molecule has 0 fully saturated rings. The Morgan fingerprint density at radius 3 is 2.44 bits per heavy atom. The summed E-state index contributed by atoms with van der Waals surface area (Å²) in [5.41, 5.74) is 5.97. The molecule has 4 rings (SSSR count). The number of nitro groups is 1. The van der Waals surface area contributed by atoms with Gasteiger partial charge in [-0.3, -0.25) is 14.9 Å². The van der Waals surface area contributed by atoms with Gasteiger partial charge in [0.1, 0.15) is 5.82 Å². The minimum absolute atomic E-state index is 0.0512. The smallest absolute Gasteiger partial charge is 0.269 e. The number of para-hydroxylation sites is 1. The van der Waals surface area contributed by atoms with Gasteiger partial charge in [-0.2, -0.15) is 5.10 Å². The van der Waals surface area contributed by atoms with E-state index in [0.29, 0.717) is 12.1 Å². The highest BCUT2D eigenvalue weighted by Crippen LogP contribution is 2.22. The quantitative estimate of drug-likeness (QED) is 0.267. The van der Waals surface area contributed by atoms with Crippen molar-refractivity contribution in [1.29, 1.82) is 0 Å². The van der Waals surface area contributed by atoms with Crippen LogP contribution in [0.4, 0.5) is 10.1 Å². The fourth-order valence-electron chi connectivity index (χ4n) is 3.43. The number of nitrogens with one attached hydrogen (secondary N) is 1. The summed E-state index contributed by atoms with van der Waals surface area (Å²) in [5, 5.41) is 15.9. The molecule has 8 heteroatoms. The van der Waals surface area contributed by atoms with Crippen molar-refractivity contribution in [1.82, 2.24) is 9.99 Å². The van der Waals surface area contributed by atoms with E-state index < -0.39 is 4.92 Å². The van der Waals surface area contributed by atoms with Crippen molar-refractivity contribution in [3.05, 3.63) is 112 Å². The molecule has 3 aromatic carbocycles. The van der Waals surface area contributed by atoms with Crippen molar-refractivity contribution in [2.45, 2.75) is 13.0 Å². The summed E-state index contributed by atoms with van der Waals surface area (Å²) >= 11 is 0. The molecule has 0 bridgehead atoms. The molecule has 1 heterocycles. The van der Waals surface area contributed by atoms with Crippen LogP contribution in [0.25, 0.3) is 10.9 Å². The zero-order valence-electron chi connectivity index (χ0n) is 16.9. The third kappa shape index (κ3) is 4.86. The van der Waals surface area contributed by atoms with Gasteiger partial charge in [-0.05, 0) is 29.3 Å². The van der Waals surface area contributed by atoms with E-state index >= 15 is 0 Å². The van der Waals surface area contributed by atoms with Crippen LogP contribution in [-0.4, -0.2) is 21.6 Å². The van der Waals surface area contributed by atoms with Crippen molar-refractivity contribution in [2.75, 3.05) is 0 Å². The number of amides is 1. The maximum absolute atomic E-state index is 13.0. The van der Waals surface area contributed by atoms with E-state index in [9.17, 15) is 19.3 Å². The van der Waals surface area contributed by atoms with Crippen LogP contribution in [0.5, 0.6) is 0 Å². The molecule has 32 heavy (non-hydrogen) atoms. The topological polar surface area (TPSA) is 89.5 Å². The first kappa shape index (κ1) is 20.9. The monoisotopic (exact) mass is 430 g/mol. The second-order valence-electron chi connectivity index (χ2n) is 7.25. The van der Waals surface area contributed by atoms with E-state index in [4.69, 9.17) is 0 Å². The van der Waals surface area contributed by atoms with Gasteiger partial charge in [0.15, 0.2) is 0 Å². The fraction of sp³-hybridized carbons (Fsp3) is 0.0833. The van der Waals surface area contributed by atoms with E-state index in [1.807, 2.05) is 35.0 Å². The van der Waals surface area contributed by atoms with Gasteiger partial charge in [0.05, 0.1) is 17.6 Å². The van der Waals surface area contributed by atoms with Crippen LogP contribution in [0.15, 0.2) is 84.1 Å². The van der Waals surface area contributed by atoms with Crippen LogP contribution in [0.2, 0.25) is 0 Å². The Hall–Kier alpha value is -4.33. The predicted molar refractivity (Wildman–Crippen MR) is 120 cm³/mol. The molecular formula is C24H19FN4O3. The third-order valence-electron chi connectivity index (χ3n) is 4.99. The lowest BCUT2D eigenvalue weighted by Crippen LogP contribution is -2.19. The number of non-ortho nitro benzene ring substituents is 1. The van der Waals surface area contributed by atoms with E-state index in [-0.39, 0.29) is 23.8 Å². The van der Waals surface area contributed by atoms with Crippen LogP contribution >= 0.6 is 0 Å². The normalized spacial score (nSPS) is 11.2. The number of hydrogen-bond donors (Lipinski definition) is 1. The van der Waals surface area contributed by atoms with Gasteiger partial charge in [-0.1, -0.05) is 42.5 Å². The Kier molecular flexibility index (Phi) is 6.03. The molecule has 7 nitrogen and oxygen atoms in total. The molecule has 0 atom stereocenters. The highest BCUT2D eigenvalue weighted by molar-refractivity contribution is 5.99. The number of nitrogens with zero attached hydrogens (tertiary/aromatic N) is 3. The lowest BCUT2D eigenvalue weighted by Gasteiger charge is -2.05. The lowest BCUT2D eigenvalue weighted by molar-refractivity contribution is -0.384. The van der Waals surface area contributed by atoms with Gasteiger partial charge < -0.3 is 4.57 Å². The number of halogens is 1. The minimum Gasteiger partial charge on any atom is -0.342 e. The van der Waals surface area contributed by atoms with Gasteiger partial charge >= 0.3 is 0 Å². The van der Waals surface area contributed by atoms with E-state index in [2.05, 4.69) is 10.5 Å². The lowest BCUT2D eigenvalue weighted by atomic mass is 10.1. The molecule has 0 aliphatic heterocycles. The first-order valence-electron chi connectivity index (χ1n) is 9.87. The Labute approximate surface area is 183 Å². The standard InChI is InChI=1S/C24H19FN4O3/c25-20-9-5-17(6-10-20)13-24(30)27-26-14-19-16-28(23-4-2-1-3-22(19)23)15-18-7-11-21(12-8-18)29(31)32/h1-12,14,16H,13,15H2,(H,27,30)/b26-14+. The van der Waals surface area contributed by atoms with E-state index in [1.165, 1.54) is 24.3 Å². The Bertz CT molecular complexity index is 1300. The SMILES string of the molecule is O=C(Cc1ccc(F)cc1)N/N=C/c1cn(Cc2ccc([N+](=O)[O-])cc2)c2ccccc12. The number of aromatic nitrogens is 1. The molecule has 1 N–H and O–H groups in total. The molecule has 4 aromatic rings. The van der Waals surface area contributed by atoms with Crippen molar-refractivity contribution in [3.8, 4) is 0 Å². The number of rotatable bonds is 7. The number of benzene rings is 3. The predicted octanol–water partition coefficient (Wildman–Crippen LogP) is 4.43. The van der Waals surface area contributed by atoms with Crippen molar-refractivity contribution in [2.24, 2.45) is 5.10 Å². The average molecular weight is 430 g/mol. The molecule has 0 saturated heterocycles. The van der Waals surface area contributed by atoms with Crippen LogP contribution in [0.3, 0.4) is 0 Å². The summed E-state index contributed by atoms with van der Waals surface area (Å²) in [7, 11) is 0. The number of carbonyl (C=O) groups is 1. The second-order valence-corrected chi connectivity index (χ2v) is 7.25. The van der Waals surface area contributed by atoms with Gasteiger partial charge in [-0.25, -0.2) is 9.82 Å². The van der Waals surface area contributed by atoms with E-state index in [0.717, 1.165) is 22.0 Å². The Balaban J connectivity index is 1.48. The summed E-state index contributed by atoms with van der Waals surface area (Å²) < 4.78 is 15.0. The number of nitro benzene ring substituents is 1. The Morgan fingerprint density at radius 2 is 1.72 bits per heavy atom. The van der Waals surface area contributed by atoms with Crippen molar-refractivity contribution < 1.29 is 14.1 Å².